The monoisotopic (exact) mass is 256 g/mol. The molecule has 1 aromatic carbocycles. The molecule has 0 amide bonds. The summed E-state index contributed by atoms with van der Waals surface area (Å²) in [7, 11) is 0. The van der Waals surface area contributed by atoms with E-state index in [1.165, 1.54) is 11.8 Å². The van der Waals surface area contributed by atoms with Gasteiger partial charge in [-0.15, -0.1) is 0 Å². The van der Waals surface area contributed by atoms with Gasteiger partial charge in [-0.05, 0) is 31.0 Å². The van der Waals surface area contributed by atoms with Crippen LogP contribution in [0.15, 0.2) is 36.5 Å². The van der Waals surface area contributed by atoms with Crippen molar-refractivity contribution in [3.8, 4) is 0 Å². The maximum atomic E-state index is 11.1. The number of aryl methyl sites for hydroxylation is 2. The maximum Gasteiger partial charge on any atom is 0.339 e. The number of rotatable bonds is 4. The van der Waals surface area contributed by atoms with E-state index in [-0.39, 0.29) is 5.56 Å². The normalized spacial score (nSPS) is 10.2. The van der Waals surface area contributed by atoms with E-state index in [1.807, 2.05) is 38.1 Å². The molecule has 0 unspecified atom stereocenters. The second-order valence-electron chi connectivity index (χ2n) is 4.46. The highest BCUT2D eigenvalue weighted by atomic mass is 16.4. The number of hydrogen-bond acceptors (Lipinski definition) is 3. The Labute approximate surface area is 112 Å². The number of benzene rings is 1. The minimum Gasteiger partial charge on any atom is -0.478 e. The molecule has 98 valence electrons. The highest BCUT2D eigenvalue weighted by molar-refractivity contribution is 5.93. The van der Waals surface area contributed by atoms with Gasteiger partial charge in [0.05, 0.1) is 5.69 Å². The maximum absolute atomic E-state index is 11.1. The molecule has 0 atom stereocenters. The van der Waals surface area contributed by atoms with Crippen molar-refractivity contribution in [2.75, 3.05) is 5.32 Å². The Morgan fingerprint density at radius 2 is 2.05 bits per heavy atom. The lowest BCUT2D eigenvalue weighted by atomic mass is 10.1. The summed E-state index contributed by atoms with van der Waals surface area (Å²) in [5.41, 5.74) is 3.91. The number of carboxylic acids is 1. The summed E-state index contributed by atoms with van der Waals surface area (Å²) in [5.74, 6) is -0.972. The van der Waals surface area contributed by atoms with E-state index in [0.717, 1.165) is 11.3 Å². The summed E-state index contributed by atoms with van der Waals surface area (Å²) in [4.78, 5) is 15.1. The topological polar surface area (TPSA) is 62.2 Å². The number of hydrogen-bond donors (Lipinski definition) is 2. The average Bonchev–Trinajstić information content (AvgIpc) is 2.37. The number of nitrogens with zero attached hydrogens (tertiary/aromatic N) is 1. The van der Waals surface area contributed by atoms with Crippen LogP contribution in [0.5, 0.6) is 0 Å². The van der Waals surface area contributed by atoms with Crippen molar-refractivity contribution in [3.63, 3.8) is 0 Å². The molecule has 1 heterocycles. The molecular weight excluding hydrogens is 240 g/mol. The first-order valence-corrected chi connectivity index (χ1v) is 6.06. The zero-order valence-electron chi connectivity index (χ0n) is 11.0. The van der Waals surface area contributed by atoms with E-state index in [2.05, 4.69) is 10.3 Å². The molecular formula is C15H16N2O2. The van der Waals surface area contributed by atoms with Crippen molar-refractivity contribution in [1.82, 2.24) is 4.98 Å². The summed E-state index contributed by atoms with van der Waals surface area (Å²) in [6.07, 6.45) is 1.39. The van der Waals surface area contributed by atoms with Gasteiger partial charge in [-0.3, -0.25) is 4.98 Å². The molecule has 0 aliphatic heterocycles. The van der Waals surface area contributed by atoms with Crippen LogP contribution in [-0.4, -0.2) is 16.1 Å². The summed E-state index contributed by atoms with van der Waals surface area (Å²) in [5, 5.41) is 12.3. The molecule has 0 bridgehead atoms. The molecule has 0 spiro atoms. The van der Waals surface area contributed by atoms with Crippen LogP contribution in [0, 0.1) is 13.8 Å². The molecule has 1 aromatic heterocycles. The molecule has 4 nitrogen and oxygen atoms in total. The summed E-state index contributed by atoms with van der Waals surface area (Å²) < 4.78 is 0. The first kappa shape index (κ1) is 13.1. The number of nitrogens with one attached hydrogen (secondary N) is 1. The third-order valence-electron chi connectivity index (χ3n) is 3.00. The van der Waals surface area contributed by atoms with Crippen molar-refractivity contribution in [3.05, 3.63) is 58.9 Å². The lowest BCUT2D eigenvalue weighted by Crippen LogP contribution is -2.08. The fourth-order valence-electron chi connectivity index (χ4n) is 1.88. The number of carboxylic acid groups (broad SMARTS) is 1. The molecule has 4 heteroatoms. The van der Waals surface area contributed by atoms with Crippen molar-refractivity contribution in [2.45, 2.75) is 20.4 Å². The third-order valence-corrected chi connectivity index (χ3v) is 3.00. The lowest BCUT2D eigenvalue weighted by Gasteiger charge is -2.11. The zero-order chi connectivity index (χ0) is 13.8. The van der Waals surface area contributed by atoms with Gasteiger partial charge in [-0.2, -0.15) is 0 Å². The van der Waals surface area contributed by atoms with E-state index in [0.29, 0.717) is 12.2 Å². The molecule has 0 radical (unpaired) electrons. The Morgan fingerprint density at radius 3 is 2.74 bits per heavy atom. The first-order valence-electron chi connectivity index (χ1n) is 6.06. The van der Waals surface area contributed by atoms with Gasteiger partial charge >= 0.3 is 5.97 Å². The van der Waals surface area contributed by atoms with E-state index in [1.54, 1.807) is 6.07 Å². The summed E-state index contributed by atoms with van der Waals surface area (Å²) >= 11 is 0. The predicted molar refractivity (Wildman–Crippen MR) is 74.4 cm³/mol. The van der Waals surface area contributed by atoms with Gasteiger partial charge in [-0.1, -0.05) is 24.3 Å². The van der Waals surface area contributed by atoms with Crippen LogP contribution < -0.4 is 5.32 Å². The zero-order valence-corrected chi connectivity index (χ0v) is 11.0. The molecule has 0 saturated heterocycles. The van der Waals surface area contributed by atoms with Gasteiger partial charge in [0.2, 0.25) is 0 Å². The lowest BCUT2D eigenvalue weighted by molar-refractivity contribution is 0.0697. The molecule has 0 fully saturated rings. The molecule has 0 aliphatic rings. The smallest absolute Gasteiger partial charge is 0.339 e. The van der Waals surface area contributed by atoms with Crippen LogP contribution in [-0.2, 0) is 6.54 Å². The molecule has 0 aliphatic carbocycles. The minimum atomic E-state index is -0.972. The Balaban J connectivity index is 2.22. The number of aromatic nitrogens is 1. The Morgan fingerprint density at radius 1 is 1.32 bits per heavy atom. The van der Waals surface area contributed by atoms with Gasteiger partial charge in [-0.25, -0.2) is 4.79 Å². The number of aromatic carboxylic acids is 1. The van der Waals surface area contributed by atoms with Gasteiger partial charge in [0.25, 0.3) is 0 Å². The Bertz CT molecular complexity index is 609. The number of anilines is 1. The predicted octanol–water partition coefficient (Wildman–Crippen LogP) is 3.01. The van der Waals surface area contributed by atoms with Gasteiger partial charge in [0, 0.05) is 18.4 Å². The quantitative estimate of drug-likeness (QED) is 0.882. The number of pyridine rings is 1. The molecule has 2 rings (SSSR count). The van der Waals surface area contributed by atoms with Gasteiger partial charge in [0.15, 0.2) is 0 Å². The number of carbonyl (C=O) groups is 1. The van der Waals surface area contributed by atoms with Crippen LogP contribution >= 0.6 is 0 Å². The molecule has 2 N–H and O–H groups in total. The molecule has 0 saturated carbocycles. The van der Waals surface area contributed by atoms with Crippen LogP contribution in [0.1, 0.15) is 27.2 Å². The molecule has 19 heavy (non-hydrogen) atoms. The van der Waals surface area contributed by atoms with Crippen molar-refractivity contribution >= 4 is 11.7 Å². The van der Waals surface area contributed by atoms with Crippen LogP contribution in [0.25, 0.3) is 0 Å². The Hall–Kier alpha value is -2.36. The highest BCUT2D eigenvalue weighted by Crippen LogP contribution is 2.17. The van der Waals surface area contributed by atoms with Crippen LogP contribution in [0.2, 0.25) is 0 Å². The second kappa shape index (κ2) is 5.52. The molecule has 2 aromatic rings. The first-order chi connectivity index (χ1) is 9.08. The Kier molecular flexibility index (Phi) is 3.80. The van der Waals surface area contributed by atoms with Crippen LogP contribution in [0.4, 0.5) is 5.69 Å². The van der Waals surface area contributed by atoms with E-state index < -0.39 is 5.97 Å². The van der Waals surface area contributed by atoms with Gasteiger partial charge < -0.3 is 10.4 Å². The summed E-state index contributed by atoms with van der Waals surface area (Å²) in [6, 6.07) is 9.77. The van der Waals surface area contributed by atoms with Gasteiger partial charge in [0.1, 0.15) is 5.56 Å². The van der Waals surface area contributed by atoms with Crippen LogP contribution in [0.3, 0.4) is 0 Å². The van der Waals surface area contributed by atoms with E-state index in [4.69, 9.17) is 5.11 Å². The standard InChI is InChI=1S/C15H16N2O2/c1-10-5-3-4-6-12(10)8-17-14-7-11(2)16-9-13(14)15(18)19/h3-7,9H,8H2,1-2H3,(H,16,17)(H,18,19). The van der Waals surface area contributed by atoms with Crippen molar-refractivity contribution in [2.24, 2.45) is 0 Å². The second-order valence-corrected chi connectivity index (χ2v) is 4.46. The van der Waals surface area contributed by atoms with Crippen molar-refractivity contribution < 1.29 is 9.90 Å². The van der Waals surface area contributed by atoms with Crippen molar-refractivity contribution in [1.29, 1.82) is 0 Å². The van der Waals surface area contributed by atoms with E-state index >= 15 is 0 Å². The fourth-order valence-corrected chi connectivity index (χ4v) is 1.88. The third kappa shape index (κ3) is 3.10. The minimum absolute atomic E-state index is 0.194. The highest BCUT2D eigenvalue weighted by Gasteiger charge is 2.10. The SMILES string of the molecule is Cc1cc(NCc2ccccc2C)c(C(=O)O)cn1. The largest absolute Gasteiger partial charge is 0.478 e. The average molecular weight is 256 g/mol. The van der Waals surface area contributed by atoms with E-state index in [9.17, 15) is 4.79 Å². The summed E-state index contributed by atoms with van der Waals surface area (Å²) in [6.45, 7) is 4.47. The fraction of sp³-hybridized carbons (Fsp3) is 0.200.